The fourth-order valence-corrected chi connectivity index (χ4v) is 3.68. The number of rotatable bonds is 10. The van der Waals surface area contributed by atoms with Gasteiger partial charge in [0.15, 0.2) is 4.77 Å². The van der Waals surface area contributed by atoms with Gasteiger partial charge >= 0.3 is 59.7 Å². The molecular weight excluding hydrogens is 722 g/mol. The van der Waals surface area contributed by atoms with Gasteiger partial charge in [-0.3, -0.25) is 0 Å². The molecule has 2 nitrogen and oxygen atoms in total. The summed E-state index contributed by atoms with van der Waals surface area (Å²) in [7, 11) is 0. The summed E-state index contributed by atoms with van der Waals surface area (Å²) in [6.45, 7) is -6.65. The minimum absolute atomic E-state index is 0.937. The molecule has 0 aliphatic rings. The van der Waals surface area contributed by atoms with Crippen LogP contribution in [0.1, 0.15) is 0 Å². The van der Waals surface area contributed by atoms with Crippen LogP contribution >= 0.6 is 37.5 Å². The molecule has 0 aromatic carbocycles. The van der Waals surface area contributed by atoms with Crippen LogP contribution in [0.3, 0.4) is 0 Å². The molecule has 1 heterocycles. The van der Waals surface area contributed by atoms with Crippen LogP contribution in [0.4, 0.5) is 96.6 Å². The molecule has 0 amide bonds. The lowest BCUT2D eigenvalue weighted by molar-refractivity contribution is -0.423. The van der Waals surface area contributed by atoms with Gasteiger partial charge in [-0.25, -0.2) is 0 Å². The van der Waals surface area contributed by atoms with Gasteiger partial charge in [0.1, 0.15) is 10.1 Å². The van der Waals surface area contributed by atoms with E-state index in [1.54, 1.807) is 0 Å². The highest BCUT2D eigenvalue weighted by Gasteiger charge is 2.88. The fraction of sp³-hybridized carbons (Fsp3) is 0.800. The van der Waals surface area contributed by atoms with Crippen molar-refractivity contribution in [3.05, 3.63) is 4.77 Å². The first-order chi connectivity index (χ1) is 17.9. The highest BCUT2D eigenvalue weighted by atomic mass is 32.1. The van der Waals surface area contributed by atoms with Crippen molar-refractivity contribution in [2.45, 2.75) is 82.9 Å². The number of aromatic nitrogens is 2. The van der Waals surface area contributed by atoms with Gasteiger partial charge in [0, 0.05) is 0 Å². The molecule has 1 rings (SSSR count). The Kier molecular flexibility index (Phi) is 9.49. The van der Waals surface area contributed by atoms with Crippen molar-refractivity contribution in [1.29, 1.82) is 0 Å². The summed E-state index contributed by atoms with van der Waals surface area (Å²) in [5.41, 5.74) is 0. The molecule has 0 N–H and O–H groups in total. The minimum atomic E-state index is -7.97. The zero-order valence-corrected chi connectivity index (χ0v) is 21.0. The molecule has 1 aromatic heterocycles. The second kappa shape index (κ2) is 10.3. The van der Waals surface area contributed by atoms with E-state index in [2.05, 4.69) is 37.5 Å². The normalized spacial score (nSPS) is 15.9. The summed E-state index contributed by atoms with van der Waals surface area (Å²) < 4.78 is 286. The van der Waals surface area contributed by atoms with E-state index in [-0.39, 0.29) is 0 Å². The summed E-state index contributed by atoms with van der Waals surface area (Å²) in [4.78, 5) is 0. The van der Waals surface area contributed by atoms with Crippen LogP contribution in [0.2, 0.25) is 0 Å². The minimum Gasteiger partial charge on any atom is -0.305 e. The van der Waals surface area contributed by atoms with Gasteiger partial charge < -0.3 is 9.13 Å². The smallest absolute Gasteiger partial charge is 0.305 e. The number of halogens is 22. The SMILES string of the molecule is FC(F)(F)C(F)(F)C(F)(F)C(F)(F)C(F)(F)Cn1c(S)c(S)n(CC(F)(F)C(F)(F)C(F)(F)C(F)(F)C(F)(F)F)c1=S. The highest BCUT2D eigenvalue weighted by molar-refractivity contribution is 7.83. The number of alkyl halides is 22. The summed E-state index contributed by atoms with van der Waals surface area (Å²) in [5.74, 6) is -60.7. The van der Waals surface area contributed by atoms with Gasteiger partial charge in [0.2, 0.25) is 0 Å². The second-order valence-electron chi connectivity index (χ2n) is 7.95. The third kappa shape index (κ3) is 5.39. The maximum Gasteiger partial charge on any atom is 0.460 e. The Morgan fingerprint density at radius 3 is 0.810 bits per heavy atom. The average Bonchev–Trinajstić information content (AvgIpc) is 2.94. The Hall–Kier alpha value is -1.41. The Labute approximate surface area is 231 Å². The third-order valence-electron chi connectivity index (χ3n) is 5.09. The van der Waals surface area contributed by atoms with Gasteiger partial charge in [0.25, 0.3) is 0 Å². The standard InChI is InChI=1S/C15H6F22N2S3/c16-6(17,8(20,21)10(24,25)12(28,29)14(32,33)34)1-38-3(40)4(41)39(5(38)42)2-7(18,19)9(22,23)11(26,27)13(30,31)15(35,36)37/h40-41H,1-2H2. The van der Waals surface area contributed by atoms with Crippen LogP contribution < -0.4 is 0 Å². The summed E-state index contributed by atoms with van der Waals surface area (Å²) in [6.07, 6.45) is -15.2. The zero-order valence-electron chi connectivity index (χ0n) is 18.4. The van der Waals surface area contributed by atoms with Crippen molar-refractivity contribution in [2.75, 3.05) is 0 Å². The molecule has 0 atom stereocenters. The van der Waals surface area contributed by atoms with Crippen molar-refractivity contribution in [1.82, 2.24) is 9.13 Å². The Balaban J connectivity index is 3.68. The summed E-state index contributed by atoms with van der Waals surface area (Å²) >= 11 is 10.3. The predicted molar refractivity (Wildman–Crippen MR) is 99.4 cm³/mol. The van der Waals surface area contributed by atoms with Crippen LogP contribution in [0, 0.1) is 4.77 Å². The molecule has 42 heavy (non-hydrogen) atoms. The van der Waals surface area contributed by atoms with Crippen molar-refractivity contribution in [3.63, 3.8) is 0 Å². The molecule has 0 unspecified atom stereocenters. The molecule has 0 spiro atoms. The van der Waals surface area contributed by atoms with E-state index in [9.17, 15) is 96.6 Å². The molecule has 27 heteroatoms. The monoisotopic (exact) mass is 728 g/mol. The van der Waals surface area contributed by atoms with E-state index in [4.69, 9.17) is 0 Å². The largest absolute Gasteiger partial charge is 0.460 e. The van der Waals surface area contributed by atoms with Gasteiger partial charge in [0.05, 0.1) is 13.1 Å². The van der Waals surface area contributed by atoms with Crippen molar-refractivity contribution in [2.24, 2.45) is 0 Å². The third-order valence-corrected chi connectivity index (χ3v) is 6.62. The lowest BCUT2D eigenvalue weighted by atomic mass is 9.98. The molecule has 0 bridgehead atoms. The lowest BCUT2D eigenvalue weighted by Gasteiger charge is -2.37. The number of hydrogen-bond donors (Lipinski definition) is 2. The number of nitrogens with zero attached hydrogens (tertiary/aromatic N) is 2. The van der Waals surface area contributed by atoms with Crippen molar-refractivity contribution >= 4 is 37.5 Å². The molecule has 0 fully saturated rings. The van der Waals surface area contributed by atoms with Crippen LogP contribution in [0.15, 0.2) is 10.1 Å². The van der Waals surface area contributed by atoms with E-state index in [0.717, 1.165) is 0 Å². The average molecular weight is 728 g/mol. The van der Waals surface area contributed by atoms with Gasteiger partial charge in [-0.15, -0.1) is 25.3 Å². The van der Waals surface area contributed by atoms with Crippen molar-refractivity contribution in [3.8, 4) is 0 Å². The quantitative estimate of drug-likeness (QED) is 0.139. The maximum atomic E-state index is 14.1. The highest BCUT2D eigenvalue weighted by Crippen LogP contribution is 2.59. The lowest BCUT2D eigenvalue weighted by Crippen LogP contribution is -2.67. The first-order valence-electron chi connectivity index (χ1n) is 9.29. The maximum absolute atomic E-state index is 14.1. The topological polar surface area (TPSA) is 9.86 Å². The first-order valence-corrected chi connectivity index (χ1v) is 10.6. The van der Waals surface area contributed by atoms with Gasteiger partial charge in [-0.2, -0.15) is 96.6 Å². The van der Waals surface area contributed by atoms with E-state index in [1.807, 2.05) is 0 Å². The van der Waals surface area contributed by atoms with Crippen LogP contribution in [0.25, 0.3) is 0 Å². The first kappa shape index (κ1) is 38.6. The zero-order chi connectivity index (χ0) is 34.3. The molecular formula is C15H6F22N2S3. The molecule has 0 saturated heterocycles. The van der Waals surface area contributed by atoms with Crippen molar-refractivity contribution < 1.29 is 96.6 Å². The Morgan fingerprint density at radius 1 is 0.405 bits per heavy atom. The van der Waals surface area contributed by atoms with E-state index in [1.165, 1.54) is 0 Å². The fourth-order valence-electron chi connectivity index (χ4n) is 2.66. The molecule has 1 aromatic rings. The molecule has 248 valence electrons. The summed E-state index contributed by atoms with van der Waals surface area (Å²) in [6, 6.07) is 0. The number of thiol groups is 2. The Morgan fingerprint density at radius 2 is 0.619 bits per heavy atom. The summed E-state index contributed by atoms with van der Waals surface area (Å²) in [5, 5.41) is -3.40. The Bertz CT molecular complexity index is 1130. The van der Waals surface area contributed by atoms with Crippen LogP contribution in [-0.2, 0) is 13.1 Å². The molecule has 0 saturated carbocycles. The number of imidazole rings is 1. The van der Waals surface area contributed by atoms with Gasteiger partial charge in [-0.1, -0.05) is 0 Å². The van der Waals surface area contributed by atoms with E-state index < -0.39 is 96.8 Å². The van der Waals surface area contributed by atoms with E-state index in [0.29, 0.717) is 0 Å². The molecule has 0 radical (unpaired) electrons. The predicted octanol–water partition coefficient (Wildman–Crippen LogP) is 8.80. The van der Waals surface area contributed by atoms with Crippen LogP contribution in [-0.4, -0.2) is 68.9 Å². The number of hydrogen-bond acceptors (Lipinski definition) is 3. The molecule has 0 aliphatic carbocycles. The van der Waals surface area contributed by atoms with Crippen LogP contribution in [0.5, 0.6) is 0 Å². The second-order valence-corrected chi connectivity index (χ2v) is 9.17. The molecule has 0 aliphatic heterocycles. The van der Waals surface area contributed by atoms with Gasteiger partial charge in [-0.05, 0) is 12.2 Å². The van der Waals surface area contributed by atoms with E-state index >= 15 is 0 Å².